The number of hydrogen-bond donors (Lipinski definition) is 1. The average molecular weight is 344 g/mol. The molecule has 0 aliphatic carbocycles. The van der Waals surface area contributed by atoms with Gasteiger partial charge < -0.3 is 0 Å². The number of aromatic nitrogens is 2. The largest absolute Gasteiger partial charge is 0.284 e. The number of hydrogen-bond acceptors (Lipinski definition) is 2. The minimum atomic E-state index is -3.41. The van der Waals surface area contributed by atoms with Crippen LogP contribution in [0.1, 0.15) is 19.4 Å². The lowest BCUT2D eigenvalue weighted by molar-refractivity contribution is -0.509. The predicted molar refractivity (Wildman–Crippen MR) is 94.2 cm³/mol. The van der Waals surface area contributed by atoms with Crippen molar-refractivity contribution in [3.8, 4) is 11.3 Å². The Labute approximate surface area is 142 Å². The third kappa shape index (κ3) is 2.95. The summed E-state index contributed by atoms with van der Waals surface area (Å²) in [6.07, 6.45) is 4.01. The van der Waals surface area contributed by atoms with E-state index in [1.165, 1.54) is 9.87 Å². The van der Waals surface area contributed by atoms with Crippen LogP contribution in [0.3, 0.4) is 0 Å². The minimum absolute atomic E-state index is 0.328. The van der Waals surface area contributed by atoms with Crippen LogP contribution in [0.5, 0.6) is 0 Å². The second kappa shape index (κ2) is 6.37. The third-order valence-electron chi connectivity index (χ3n) is 4.18. The van der Waals surface area contributed by atoms with Crippen molar-refractivity contribution < 1.29 is 12.8 Å². The van der Waals surface area contributed by atoms with Crippen molar-refractivity contribution in [2.45, 2.75) is 25.7 Å². The molecular formula is C18H22N3O2S+. The molecule has 0 atom stereocenters. The van der Waals surface area contributed by atoms with E-state index in [1.807, 2.05) is 55.8 Å². The Hall–Kier alpha value is -2.18. The van der Waals surface area contributed by atoms with Crippen LogP contribution < -0.4 is 4.40 Å². The van der Waals surface area contributed by atoms with Crippen molar-refractivity contribution in [3.63, 3.8) is 0 Å². The Balaban J connectivity index is 1.96. The number of fused-ring (bicyclic) bond motifs is 1. The predicted octanol–water partition coefficient (Wildman–Crippen LogP) is 2.76. The monoisotopic (exact) mass is 344 g/mol. The van der Waals surface area contributed by atoms with Crippen LogP contribution in [0.25, 0.3) is 16.9 Å². The highest BCUT2D eigenvalue weighted by atomic mass is 32.2. The van der Waals surface area contributed by atoms with Gasteiger partial charge >= 0.3 is 0 Å². The lowest BCUT2D eigenvalue weighted by atomic mass is 10.2. The fourth-order valence-electron chi connectivity index (χ4n) is 2.80. The van der Waals surface area contributed by atoms with Gasteiger partial charge in [0.2, 0.25) is 10.0 Å². The molecule has 3 aromatic rings. The molecular weight excluding hydrogens is 322 g/mol. The highest BCUT2D eigenvalue weighted by Crippen LogP contribution is 2.21. The van der Waals surface area contributed by atoms with Crippen LogP contribution in [0, 0.1) is 6.92 Å². The molecule has 1 aromatic carbocycles. The Morgan fingerprint density at radius 1 is 1.08 bits per heavy atom. The van der Waals surface area contributed by atoms with Crippen LogP contribution in [-0.4, -0.2) is 30.8 Å². The van der Waals surface area contributed by atoms with E-state index in [1.54, 1.807) is 12.1 Å². The molecule has 0 radical (unpaired) electrons. The van der Waals surface area contributed by atoms with Gasteiger partial charge in [-0.3, -0.25) is 0 Å². The van der Waals surface area contributed by atoms with E-state index in [0.717, 1.165) is 16.9 Å². The van der Waals surface area contributed by atoms with E-state index in [0.29, 0.717) is 18.0 Å². The van der Waals surface area contributed by atoms with Crippen molar-refractivity contribution in [3.05, 3.63) is 54.4 Å². The average Bonchev–Trinajstić information content (AvgIpc) is 2.99. The van der Waals surface area contributed by atoms with Crippen LogP contribution in [0.15, 0.2) is 53.7 Å². The van der Waals surface area contributed by atoms with Crippen LogP contribution in [-0.2, 0) is 10.0 Å². The number of benzene rings is 1. The van der Waals surface area contributed by atoms with Crippen molar-refractivity contribution in [2.24, 2.45) is 0 Å². The van der Waals surface area contributed by atoms with E-state index in [-0.39, 0.29) is 0 Å². The minimum Gasteiger partial charge on any atom is -0.237 e. The van der Waals surface area contributed by atoms with Gasteiger partial charge in [-0.2, -0.15) is 4.31 Å². The highest BCUT2D eigenvalue weighted by Gasteiger charge is 2.21. The van der Waals surface area contributed by atoms with E-state index in [2.05, 4.69) is 11.1 Å². The summed E-state index contributed by atoms with van der Waals surface area (Å²) in [6.45, 7) is 6.68. The van der Waals surface area contributed by atoms with E-state index in [4.69, 9.17) is 0 Å². The summed E-state index contributed by atoms with van der Waals surface area (Å²) in [4.78, 5) is 3.69. The number of rotatable bonds is 5. The zero-order chi connectivity index (χ0) is 17.3. The number of aryl methyl sites for hydroxylation is 1. The zero-order valence-corrected chi connectivity index (χ0v) is 15.0. The molecule has 2 aromatic heterocycles. The first-order chi connectivity index (χ1) is 11.5. The van der Waals surface area contributed by atoms with Crippen LogP contribution in [0.4, 0.5) is 0 Å². The summed E-state index contributed by atoms with van der Waals surface area (Å²) in [6, 6.07) is 11.1. The molecule has 126 valence electrons. The smallest absolute Gasteiger partial charge is 0.237 e. The maximum absolute atomic E-state index is 12.5. The molecule has 0 saturated heterocycles. The third-order valence-corrected chi connectivity index (χ3v) is 6.24. The van der Waals surface area contributed by atoms with Gasteiger partial charge in [-0.05, 0) is 42.8 Å². The summed E-state index contributed by atoms with van der Waals surface area (Å²) < 4.78 is 28.5. The zero-order valence-electron chi connectivity index (χ0n) is 14.2. The number of pyridine rings is 1. The molecule has 0 aliphatic heterocycles. The topological polar surface area (TPSA) is 57.3 Å². The quantitative estimate of drug-likeness (QED) is 0.724. The van der Waals surface area contributed by atoms with Gasteiger partial charge in [-0.1, -0.05) is 13.8 Å². The molecule has 3 rings (SSSR count). The van der Waals surface area contributed by atoms with Gasteiger partial charge in [0.25, 0.3) is 5.65 Å². The SMILES string of the molecule is CCN(CC)S(=O)(=O)c1ccc(-c2c[n+]3ccc(C)cc3[nH]2)cc1. The van der Waals surface area contributed by atoms with Crippen LogP contribution in [0.2, 0.25) is 0 Å². The van der Waals surface area contributed by atoms with E-state index in [9.17, 15) is 8.42 Å². The van der Waals surface area contributed by atoms with Crippen molar-refractivity contribution >= 4 is 15.7 Å². The molecule has 0 saturated carbocycles. The lowest BCUT2D eigenvalue weighted by Crippen LogP contribution is -2.30. The molecule has 1 N–H and O–H groups in total. The van der Waals surface area contributed by atoms with Crippen molar-refractivity contribution in [1.29, 1.82) is 0 Å². The molecule has 6 heteroatoms. The van der Waals surface area contributed by atoms with Gasteiger partial charge in [0.1, 0.15) is 6.20 Å². The Morgan fingerprint density at radius 2 is 1.75 bits per heavy atom. The fraction of sp³-hybridized carbons (Fsp3) is 0.278. The molecule has 0 fully saturated rings. The van der Waals surface area contributed by atoms with Gasteiger partial charge in [-0.25, -0.2) is 17.8 Å². The molecule has 0 spiro atoms. The second-order valence-corrected chi connectivity index (χ2v) is 7.72. The van der Waals surface area contributed by atoms with E-state index >= 15 is 0 Å². The van der Waals surface area contributed by atoms with Gasteiger partial charge in [0.05, 0.1) is 11.1 Å². The molecule has 0 bridgehead atoms. The maximum Gasteiger partial charge on any atom is 0.284 e. The number of sulfonamides is 1. The number of nitrogens with one attached hydrogen (secondary N) is 1. The van der Waals surface area contributed by atoms with Crippen LogP contribution >= 0.6 is 0 Å². The lowest BCUT2D eigenvalue weighted by Gasteiger charge is -2.18. The summed E-state index contributed by atoms with van der Waals surface area (Å²) in [5, 5.41) is 0. The molecule has 2 heterocycles. The molecule has 24 heavy (non-hydrogen) atoms. The molecule has 0 aliphatic rings. The molecule has 5 nitrogen and oxygen atoms in total. The normalized spacial score (nSPS) is 12.2. The highest BCUT2D eigenvalue weighted by molar-refractivity contribution is 7.89. The fourth-order valence-corrected chi connectivity index (χ4v) is 4.26. The van der Waals surface area contributed by atoms with E-state index < -0.39 is 10.0 Å². The molecule has 0 amide bonds. The number of imidazole rings is 1. The maximum atomic E-state index is 12.5. The Morgan fingerprint density at radius 3 is 2.38 bits per heavy atom. The first-order valence-corrected chi connectivity index (χ1v) is 9.51. The van der Waals surface area contributed by atoms with Crippen molar-refractivity contribution in [1.82, 2.24) is 9.29 Å². The summed E-state index contributed by atoms with van der Waals surface area (Å²) >= 11 is 0. The second-order valence-electron chi connectivity index (χ2n) is 5.78. The first-order valence-electron chi connectivity index (χ1n) is 8.07. The number of aromatic amines is 1. The van der Waals surface area contributed by atoms with Gasteiger partial charge in [0.15, 0.2) is 5.69 Å². The van der Waals surface area contributed by atoms with Gasteiger partial charge in [-0.15, -0.1) is 0 Å². The molecule has 0 unspecified atom stereocenters. The number of nitrogens with zero attached hydrogens (tertiary/aromatic N) is 2. The Bertz CT molecular complexity index is 956. The number of H-pyrrole nitrogens is 1. The first kappa shape index (κ1) is 16.7. The Kier molecular flexibility index (Phi) is 4.43. The van der Waals surface area contributed by atoms with Crippen molar-refractivity contribution in [2.75, 3.05) is 13.1 Å². The van der Waals surface area contributed by atoms with Gasteiger partial charge in [0, 0.05) is 24.7 Å². The standard InChI is InChI=1S/C18H21N3O2S/c1-4-21(5-2)24(22,23)16-8-6-15(7-9-16)17-13-20-11-10-14(3)12-18(20)19-17/h6-13H,4-5H2,1-3H3/p+1. The summed E-state index contributed by atoms with van der Waals surface area (Å²) in [7, 11) is -3.41. The summed E-state index contributed by atoms with van der Waals surface area (Å²) in [5.74, 6) is 0. The summed E-state index contributed by atoms with van der Waals surface area (Å²) in [5.41, 5.74) is 4.09.